The van der Waals surface area contributed by atoms with Gasteiger partial charge in [-0.15, -0.1) is 0 Å². The fraction of sp³-hybridized carbons (Fsp3) is 0.350. The van der Waals surface area contributed by atoms with Crippen molar-refractivity contribution in [2.24, 2.45) is 0 Å². The normalized spacial score (nSPS) is 17.3. The van der Waals surface area contributed by atoms with E-state index in [2.05, 4.69) is 5.32 Å². The van der Waals surface area contributed by atoms with Crippen molar-refractivity contribution in [1.29, 1.82) is 0 Å². The highest BCUT2D eigenvalue weighted by Crippen LogP contribution is 2.31. The molecule has 6 nitrogen and oxygen atoms in total. The van der Waals surface area contributed by atoms with E-state index in [1.807, 2.05) is 4.90 Å². The van der Waals surface area contributed by atoms with Crippen LogP contribution in [0.4, 0.5) is 18.9 Å². The first-order chi connectivity index (χ1) is 14.5. The molecular weight excluding hydrogens is 455 g/mol. The van der Waals surface area contributed by atoms with Gasteiger partial charge in [-0.1, -0.05) is 29.8 Å². The Morgan fingerprint density at radius 2 is 1.71 bits per heavy atom. The van der Waals surface area contributed by atoms with E-state index in [0.29, 0.717) is 16.8 Å². The van der Waals surface area contributed by atoms with Crippen LogP contribution in [-0.2, 0) is 21.0 Å². The van der Waals surface area contributed by atoms with Crippen LogP contribution in [0.15, 0.2) is 53.4 Å². The standard InChI is InChI=1S/C20H21ClF3N3O3S/c1-14(19(28)25-18-8-3-2-7-17(18)21)26-9-11-27(12-10-26)31(29,30)16-6-4-5-15(13-16)20(22,23)24/h2-8,13-14H,9-12H2,1H3,(H,25,28). The highest BCUT2D eigenvalue weighted by molar-refractivity contribution is 7.89. The molecule has 0 bridgehead atoms. The summed E-state index contributed by atoms with van der Waals surface area (Å²) in [4.78, 5) is 14.0. The first kappa shape index (κ1) is 23.5. The van der Waals surface area contributed by atoms with Crippen molar-refractivity contribution in [2.45, 2.75) is 24.0 Å². The Balaban J connectivity index is 1.64. The van der Waals surface area contributed by atoms with Crippen molar-refractivity contribution >= 4 is 33.2 Å². The number of alkyl halides is 3. The van der Waals surface area contributed by atoms with E-state index < -0.39 is 32.7 Å². The molecule has 1 aliphatic heterocycles. The van der Waals surface area contributed by atoms with E-state index in [1.165, 1.54) is 0 Å². The van der Waals surface area contributed by atoms with Crippen molar-refractivity contribution in [3.8, 4) is 0 Å². The number of benzene rings is 2. The van der Waals surface area contributed by atoms with E-state index in [0.717, 1.165) is 22.5 Å². The second-order valence-electron chi connectivity index (χ2n) is 7.11. The van der Waals surface area contributed by atoms with E-state index >= 15 is 0 Å². The van der Waals surface area contributed by atoms with Crippen molar-refractivity contribution in [3.05, 3.63) is 59.1 Å². The number of nitrogens with zero attached hydrogens (tertiary/aromatic N) is 2. The minimum Gasteiger partial charge on any atom is -0.323 e. The predicted molar refractivity (Wildman–Crippen MR) is 111 cm³/mol. The third kappa shape index (κ3) is 5.38. The Morgan fingerprint density at radius 3 is 2.32 bits per heavy atom. The quantitative estimate of drug-likeness (QED) is 0.716. The smallest absolute Gasteiger partial charge is 0.323 e. The van der Waals surface area contributed by atoms with Crippen LogP contribution in [0, 0.1) is 0 Å². The number of piperazine rings is 1. The summed E-state index contributed by atoms with van der Waals surface area (Å²) >= 11 is 6.05. The maximum atomic E-state index is 12.9. The van der Waals surface area contributed by atoms with Crippen LogP contribution >= 0.6 is 11.6 Å². The SMILES string of the molecule is CC(C(=O)Nc1ccccc1Cl)N1CCN(S(=O)(=O)c2cccc(C(F)(F)F)c2)CC1. The van der Waals surface area contributed by atoms with Gasteiger partial charge in [0.2, 0.25) is 15.9 Å². The molecule has 0 spiro atoms. The summed E-state index contributed by atoms with van der Waals surface area (Å²) in [5.74, 6) is -0.290. The number of anilines is 1. The number of sulfonamides is 1. The molecule has 168 valence electrons. The van der Waals surface area contributed by atoms with Gasteiger partial charge in [-0.25, -0.2) is 8.42 Å². The fourth-order valence-corrected chi connectivity index (χ4v) is 4.93. The summed E-state index contributed by atoms with van der Waals surface area (Å²) in [6, 6.07) is 9.96. The van der Waals surface area contributed by atoms with E-state index in [9.17, 15) is 26.4 Å². The number of nitrogens with one attached hydrogen (secondary N) is 1. The number of hydrogen-bond acceptors (Lipinski definition) is 4. The monoisotopic (exact) mass is 475 g/mol. The number of para-hydroxylation sites is 1. The Morgan fingerprint density at radius 1 is 1.06 bits per heavy atom. The Kier molecular flexibility index (Phi) is 6.95. The van der Waals surface area contributed by atoms with Gasteiger partial charge in [0.05, 0.1) is 27.2 Å². The maximum Gasteiger partial charge on any atom is 0.416 e. The van der Waals surface area contributed by atoms with Crippen molar-refractivity contribution in [2.75, 3.05) is 31.5 Å². The molecule has 2 aromatic carbocycles. The van der Waals surface area contributed by atoms with E-state index in [4.69, 9.17) is 11.6 Å². The van der Waals surface area contributed by atoms with Gasteiger partial charge in [-0.05, 0) is 37.3 Å². The first-order valence-corrected chi connectivity index (χ1v) is 11.3. The van der Waals surface area contributed by atoms with Crippen molar-refractivity contribution < 1.29 is 26.4 Å². The molecule has 2 aromatic rings. The predicted octanol–water partition coefficient (Wildman–Crippen LogP) is 3.69. The average Bonchev–Trinajstić information content (AvgIpc) is 2.74. The zero-order valence-electron chi connectivity index (χ0n) is 16.6. The molecule has 1 amide bonds. The molecule has 1 N–H and O–H groups in total. The third-order valence-corrected chi connectivity index (χ3v) is 7.36. The Hall–Kier alpha value is -2.14. The molecule has 1 unspecified atom stereocenters. The molecule has 0 radical (unpaired) electrons. The zero-order chi connectivity index (χ0) is 22.8. The van der Waals surface area contributed by atoms with Gasteiger partial charge in [0.15, 0.2) is 0 Å². The largest absolute Gasteiger partial charge is 0.416 e. The lowest BCUT2D eigenvalue weighted by Crippen LogP contribution is -2.53. The lowest BCUT2D eigenvalue weighted by molar-refractivity contribution is -0.137. The number of carbonyl (C=O) groups excluding carboxylic acids is 1. The summed E-state index contributed by atoms with van der Waals surface area (Å²) < 4.78 is 65.5. The van der Waals surface area contributed by atoms with Crippen LogP contribution in [0.1, 0.15) is 12.5 Å². The van der Waals surface area contributed by atoms with Gasteiger partial charge >= 0.3 is 6.18 Å². The minimum atomic E-state index is -4.63. The number of rotatable bonds is 5. The van der Waals surface area contributed by atoms with Crippen molar-refractivity contribution in [1.82, 2.24) is 9.21 Å². The number of hydrogen-bond donors (Lipinski definition) is 1. The Labute approximate surface area is 183 Å². The van der Waals surface area contributed by atoms with Gasteiger partial charge in [-0.2, -0.15) is 17.5 Å². The topological polar surface area (TPSA) is 69.7 Å². The van der Waals surface area contributed by atoms with Gasteiger partial charge in [0, 0.05) is 26.2 Å². The van der Waals surface area contributed by atoms with Crippen LogP contribution in [0.2, 0.25) is 5.02 Å². The maximum absolute atomic E-state index is 12.9. The lowest BCUT2D eigenvalue weighted by atomic mass is 10.2. The second-order valence-corrected chi connectivity index (χ2v) is 9.46. The van der Waals surface area contributed by atoms with Crippen LogP contribution in [0.5, 0.6) is 0 Å². The molecule has 1 heterocycles. The molecule has 31 heavy (non-hydrogen) atoms. The molecule has 1 saturated heterocycles. The van der Waals surface area contributed by atoms with Crippen LogP contribution in [-0.4, -0.2) is 55.8 Å². The van der Waals surface area contributed by atoms with E-state index in [-0.39, 0.29) is 32.1 Å². The number of halogens is 4. The molecule has 0 saturated carbocycles. The third-order valence-electron chi connectivity index (χ3n) is 5.13. The zero-order valence-corrected chi connectivity index (χ0v) is 18.1. The molecule has 1 fully saturated rings. The lowest BCUT2D eigenvalue weighted by Gasteiger charge is -2.36. The molecule has 1 aliphatic rings. The first-order valence-electron chi connectivity index (χ1n) is 9.47. The second kappa shape index (κ2) is 9.15. The highest BCUT2D eigenvalue weighted by Gasteiger charge is 2.35. The molecule has 11 heteroatoms. The van der Waals surface area contributed by atoms with E-state index in [1.54, 1.807) is 31.2 Å². The number of carbonyl (C=O) groups is 1. The van der Waals surface area contributed by atoms with Crippen LogP contribution in [0.3, 0.4) is 0 Å². The van der Waals surface area contributed by atoms with Gasteiger partial charge < -0.3 is 5.32 Å². The summed E-state index contributed by atoms with van der Waals surface area (Å²) in [6.45, 7) is 2.33. The Bertz CT molecular complexity index is 1050. The summed E-state index contributed by atoms with van der Waals surface area (Å²) in [5, 5.41) is 3.15. The van der Waals surface area contributed by atoms with Crippen LogP contribution in [0.25, 0.3) is 0 Å². The van der Waals surface area contributed by atoms with Gasteiger partial charge in [-0.3, -0.25) is 9.69 Å². The van der Waals surface area contributed by atoms with Crippen molar-refractivity contribution in [3.63, 3.8) is 0 Å². The molecular formula is C20H21ClF3N3O3S. The molecule has 0 aliphatic carbocycles. The van der Waals surface area contributed by atoms with Gasteiger partial charge in [0.1, 0.15) is 0 Å². The minimum absolute atomic E-state index is 0.0578. The molecule has 0 aromatic heterocycles. The molecule has 3 rings (SSSR count). The van der Waals surface area contributed by atoms with Crippen LogP contribution < -0.4 is 5.32 Å². The van der Waals surface area contributed by atoms with Gasteiger partial charge in [0.25, 0.3) is 0 Å². The highest BCUT2D eigenvalue weighted by atomic mass is 35.5. The fourth-order valence-electron chi connectivity index (χ4n) is 3.28. The summed E-state index contributed by atoms with van der Waals surface area (Å²) in [5.41, 5.74) is -0.538. The summed E-state index contributed by atoms with van der Waals surface area (Å²) in [6.07, 6.45) is -4.63. The average molecular weight is 476 g/mol. The summed E-state index contributed by atoms with van der Waals surface area (Å²) in [7, 11) is -4.08. The number of amides is 1. The molecule has 1 atom stereocenters.